The van der Waals surface area contributed by atoms with Gasteiger partial charge in [-0.3, -0.25) is 9.59 Å². The van der Waals surface area contributed by atoms with Gasteiger partial charge in [0.2, 0.25) is 5.91 Å². The van der Waals surface area contributed by atoms with E-state index >= 15 is 0 Å². The molecule has 0 fully saturated rings. The summed E-state index contributed by atoms with van der Waals surface area (Å²) in [6, 6.07) is 7.69. The zero-order chi connectivity index (χ0) is 18.8. The summed E-state index contributed by atoms with van der Waals surface area (Å²) < 4.78 is 5.92. The van der Waals surface area contributed by atoms with Gasteiger partial charge in [-0.05, 0) is 50.6 Å². The second-order valence-electron chi connectivity index (χ2n) is 6.29. The number of nitrogens with one attached hydrogen (secondary N) is 1. The number of hydrogen-bond acceptors (Lipinski definition) is 4. The largest absolute Gasteiger partial charge is 0.486 e. The maximum atomic E-state index is 11.9. The second kappa shape index (κ2) is 7.64. The van der Waals surface area contributed by atoms with Crippen molar-refractivity contribution in [1.82, 2.24) is 5.32 Å². The van der Waals surface area contributed by atoms with Crippen molar-refractivity contribution >= 4 is 34.6 Å². The van der Waals surface area contributed by atoms with Crippen molar-refractivity contribution < 1.29 is 14.3 Å². The molecule has 6 heteroatoms. The molecule has 0 radical (unpaired) electrons. The molecule has 1 aliphatic heterocycles. The summed E-state index contributed by atoms with van der Waals surface area (Å²) >= 11 is 7.87. The van der Waals surface area contributed by atoms with Gasteiger partial charge in [0.05, 0.1) is 16.4 Å². The van der Waals surface area contributed by atoms with Crippen LogP contribution in [0.2, 0.25) is 5.02 Å². The topological polar surface area (TPSA) is 55.4 Å². The summed E-state index contributed by atoms with van der Waals surface area (Å²) in [6.07, 6.45) is 2.32. The summed E-state index contributed by atoms with van der Waals surface area (Å²) in [4.78, 5) is 25.1. The lowest BCUT2D eigenvalue weighted by atomic mass is 10.1. The molecule has 0 spiro atoms. The van der Waals surface area contributed by atoms with E-state index in [1.54, 1.807) is 19.9 Å². The first kappa shape index (κ1) is 18.7. The Balaban J connectivity index is 1.75. The molecular weight excluding hydrogens is 370 g/mol. The van der Waals surface area contributed by atoms with Crippen LogP contribution >= 0.6 is 22.9 Å². The van der Waals surface area contributed by atoms with Gasteiger partial charge in [0, 0.05) is 22.4 Å². The SMILES string of the molecule is CC=C(C)C(=O)NCC1Cc2cc(-c3ccc(C(C)=O)s3)cc(Cl)c2O1. The van der Waals surface area contributed by atoms with Crippen LogP contribution in [0.1, 0.15) is 36.0 Å². The van der Waals surface area contributed by atoms with Crippen molar-refractivity contribution in [2.75, 3.05) is 6.54 Å². The average Bonchev–Trinajstić information content (AvgIpc) is 3.25. The van der Waals surface area contributed by atoms with Crippen LogP contribution in [0.15, 0.2) is 35.9 Å². The predicted molar refractivity (Wildman–Crippen MR) is 105 cm³/mol. The molecule has 4 nitrogen and oxygen atoms in total. The fraction of sp³-hybridized carbons (Fsp3) is 0.300. The Morgan fingerprint density at radius 3 is 2.77 bits per heavy atom. The minimum atomic E-state index is -0.137. The standard InChI is InChI=1S/C20H20ClNO3S/c1-4-11(2)20(24)22-10-15-8-14-7-13(9-16(21)19(14)25-15)18-6-5-17(26-18)12(3)23/h4-7,9,15H,8,10H2,1-3H3,(H,22,24). The summed E-state index contributed by atoms with van der Waals surface area (Å²) in [5.74, 6) is 0.652. The third-order valence-corrected chi connectivity index (χ3v) is 5.89. The van der Waals surface area contributed by atoms with E-state index < -0.39 is 0 Å². The van der Waals surface area contributed by atoms with Crippen molar-refractivity contribution in [2.24, 2.45) is 0 Å². The van der Waals surface area contributed by atoms with Crippen LogP contribution in [0.25, 0.3) is 10.4 Å². The molecule has 1 unspecified atom stereocenters. The monoisotopic (exact) mass is 389 g/mol. The van der Waals surface area contributed by atoms with Crippen LogP contribution < -0.4 is 10.1 Å². The van der Waals surface area contributed by atoms with E-state index in [0.29, 0.717) is 29.3 Å². The summed E-state index contributed by atoms with van der Waals surface area (Å²) in [6.45, 7) is 5.60. The van der Waals surface area contributed by atoms with Crippen molar-refractivity contribution in [3.05, 3.63) is 51.4 Å². The number of hydrogen-bond donors (Lipinski definition) is 1. The highest BCUT2D eigenvalue weighted by atomic mass is 35.5. The molecule has 1 amide bonds. The number of amides is 1. The number of carbonyl (C=O) groups excluding carboxylic acids is 2. The lowest BCUT2D eigenvalue weighted by Crippen LogP contribution is -2.34. The van der Waals surface area contributed by atoms with Gasteiger partial charge in [-0.25, -0.2) is 0 Å². The second-order valence-corrected chi connectivity index (χ2v) is 7.78. The number of ether oxygens (including phenoxy) is 1. The Hall–Kier alpha value is -2.11. The van der Waals surface area contributed by atoms with Gasteiger partial charge in [-0.1, -0.05) is 17.7 Å². The first-order chi connectivity index (χ1) is 12.4. The molecule has 1 aromatic heterocycles. The lowest BCUT2D eigenvalue weighted by molar-refractivity contribution is -0.117. The number of Topliss-reactive ketones (excluding diaryl/α,β-unsaturated/α-hetero) is 1. The third-order valence-electron chi connectivity index (χ3n) is 4.37. The van der Waals surface area contributed by atoms with Crippen molar-refractivity contribution in [3.8, 4) is 16.2 Å². The Morgan fingerprint density at radius 1 is 1.35 bits per heavy atom. The summed E-state index contributed by atoms with van der Waals surface area (Å²) in [7, 11) is 0. The zero-order valence-corrected chi connectivity index (χ0v) is 16.5. The van der Waals surface area contributed by atoms with Gasteiger partial charge in [-0.15, -0.1) is 11.3 Å². The normalized spacial score (nSPS) is 16.2. The van der Waals surface area contributed by atoms with Gasteiger partial charge in [-0.2, -0.15) is 0 Å². The minimum absolute atomic E-state index is 0.0593. The summed E-state index contributed by atoms with van der Waals surface area (Å²) in [5.41, 5.74) is 2.68. The van der Waals surface area contributed by atoms with Gasteiger partial charge in [0.25, 0.3) is 0 Å². The maximum Gasteiger partial charge on any atom is 0.246 e. The Labute approximate surface area is 161 Å². The molecule has 1 N–H and O–H groups in total. The molecule has 0 saturated carbocycles. The first-order valence-corrected chi connectivity index (χ1v) is 9.59. The molecule has 26 heavy (non-hydrogen) atoms. The van der Waals surface area contributed by atoms with Crippen LogP contribution in [-0.4, -0.2) is 24.3 Å². The van der Waals surface area contributed by atoms with Crippen LogP contribution in [0.3, 0.4) is 0 Å². The van der Waals surface area contributed by atoms with E-state index in [1.807, 2.05) is 25.1 Å². The van der Waals surface area contributed by atoms with E-state index in [0.717, 1.165) is 20.9 Å². The zero-order valence-electron chi connectivity index (χ0n) is 14.9. The van der Waals surface area contributed by atoms with Crippen molar-refractivity contribution in [2.45, 2.75) is 33.3 Å². The molecule has 0 bridgehead atoms. The smallest absolute Gasteiger partial charge is 0.246 e. The Kier molecular flexibility index (Phi) is 5.49. The van der Waals surface area contributed by atoms with Gasteiger partial charge in [0.15, 0.2) is 5.78 Å². The number of carbonyl (C=O) groups is 2. The van der Waals surface area contributed by atoms with Gasteiger partial charge in [0.1, 0.15) is 11.9 Å². The molecule has 1 aliphatic rings. The highest BCUT2D eigenvalue weighted by molar-refractivity contribution is 7.17. The number of fused-ring (bicyclic) bond motifs is 1. The van der Waals surface area contributed by atoms with E-state index in [9.17, 15) is 9.59 Å². The van der Waals surface area contributed by atoms with Crippen molar-refractivity contribution in [1.29, 1.82) is 0 Å². The number of thiophene rings is 1. The molecule has 2 aromatic rings. The molecule has 0 aliphatic carbocycles. The van der Waals surface area contributed by atoms with Crippen LogP contribution in [0.4, 0.5) is 0 Å². The Morgan fingerprint density at radius 2 is 2.12 bits per heavy atom. The van der Waals surface area contributed by atoms with Crippen LogP contribution in [0, 0.1) is 0 Å². The predicted octanol–water partition coefficient (Wildman–Crippen LogP) is 4.66. The quantitative estimate of drug-likeness (QED) is 0.597. The fourth-order valence-electron chi connectivity index (χ4n) is 2.80. The average molecular weight is 390 g/mol. The number of halogens is 1. The van der Waals surface area contributed by atoms with Gasteiger partial charge < -0.3 is 10.1 Å². The first-order valence-electron chi connectivity index (χ1n) is 8.40. The summed E-state index contributed by atoms with van der Waals surface area (Å²) in [5, 5.41) is 3.43. The molecule has 2 heterocycles. The van der Waals surface area contributed by atoms with Crippen LogP contribution in [-0.2, 0) is 11.2 Å². The fourth-order valence-corrected chi connectivity index (χ4v) is 3.97. The van der Waals surface area contributed by atoms with Crippen LogP contribution in [0.5, 0.6) is 5.75 Å². The number of benzene rings is 1. The molecule has 3 rings (SSSR count). The molecule has 0 saturated heterocycles. The molecule has 136 valence electrons. The molecular formula is C20H20ClNO3S. The van der Waals surface area contributed by atoms with E-state index in [2.05, 4.69) is 11.4 Å². The maximum absolute atomic E-state index is 11.9. The van der Waals surface area contributed by atoms with E-state index in [4.69, 9.17) is 16.3 Å². The Bertz CT molecular complexity index is 900. The third kappa shape index (κ3) is 3.84. The minimum Gasteiger partial charge on any atom is -0.486 e. The van der Waals surface area contributed by atoms with E-state index in [-0.39, 0.29) is 17.8 Å². The number of allylic oxidation sites excluding steroid dienone is 1. The molecule has 1 aromatic carbocycles. The van der Waals surface area contributed by atoms with E-state index in [1.165, 1.54) is 11.3 Å². The highest BCUT2D eigenvalue weighted by Crippen LogP contribution is 2.41. The lowest BCUT2D eigenvalue weighted by Gasteiger charge is -2.12. The number of rotatable bonds is 5. The van der Waals surface area contributed by atoms with Crippen molar-refractivity contribution in [3.63, 3.8) is 0 Å². The highest BCUT2D eigenvalue weighted by Gasteiger charge is 2.26. The van der Waals surface area contributed by atoms with Gasteiger partial charge >= 0.3 is 0 Å². The molecule has 1 atom stereocenters. The number of ketones is 1.